The Bertz CT molecular complexity index is 1420. The third-order valence-corrected chi connectivity index (χ3v) is 8.02. The fraction of sp³-hybridized carbons (Fsp3) is 0.348. The number of pyridine rings is 1. The van der Waals surface area contributed by atoms with Crippen LogP contribution in [0.5, 0.6) is 0 Å². The normalized spacial score (nSPS) is 19.1. The number of nitrogens with one attached hydrogen (secondary N) is 1. The first-order valence-electron chi connectivity index (χ1n) is 11.0. The minimum absolute atomic E-state index is 0.0692. The monoisotopic (exact) mass is 466 g/mol. The largest absolute Gasteiger partial charge is 0.335 e. The molecule has 1 aromatic carbocycles. The van der Waals surface area contributed by atoms with Gasteiger partial charge in [0.25, 0.3) is 10.0 Å². The molecule has 172 valence electrons. The average molecular weight is 467 g/mol. The number of urea groups is 1. The standard InChI is InChI=1S/C23H26N6O3S/c1-27(2)23(30)26-16-8-10-17(11-9-16)28-15-25-20-14-24-22-19(21(20)28)12-13-29(22)33(31,32)18-6-4-3-5-7-18/h3-7,12-17H,8-11H2,1-2H3,(H,26,30). The number of rotatable bonds is 4. The molecule has 33 heavy (non-hydrogen) atoms. The van der Waals surface area contributed by atoms with Crippen LogP contribution in [-0.4, -0.2) is 58.0 Å². The second-order valence-electron chi connectivity index (χ2n) is 8.66. The summed E-state index contributed by atoms with van der Waals surface area (Å²) < 4.78 is 29.8. The van der Waals surface area contributed by atoms with Gasteiger partial charge >= 0.3 is 6.03 Å². The Kier molecular flexibility index (Phi) is 5.32. The van der Waals surface area contributed by atoms with E-state index in [2.05, 4.69) is 19.9 Å². The van der Waals surface area contributed by atoms with Crippen LogP contribution in [0.25, 0.3) is 22.1 Å². The molecule has 0 aliphatic heterocycles. The highest BCUT2D eigenvalue weighted by atomic mass is 32.2. The molecular formula is C23H26N6O3S. The number of benzene rings is 1. The van der Waals surface area contributed by atoms with Gasteiger partial charge in [0, 0.05) is 37.8 Å². The molecule has 0 unspecified atom stereocenters. The Hall–Kier alpha value is -3.40. The van der Waals surface area contributed by atoms with E-state index in [0.29, 0.717) is 5.65 Å². The van der Waals surface area contributed by atoms with E-state index in [9.17, 15) is 13.2 Å². The van der Waals surface area contributed by atoms with Crippen molar-refractivity contribution in [3.05, 3.63) is 55.1 Å². The summed E-state index contributed by atoms with van der Waals surface area (Å²) in [5.41, 5.74) is 2.02. The van der Waals surface area contributed by atoms with Gasteiger partial charge in [0.05, 0.1) is 22.9 Å². The van der Waals surface area contributed by atoms with E-state index in [-0.39, 0.29) is 23.0 Å². The van der Waals surface area contributed by atoms with Crippen molar-refractivity contribution in [3.63, 3.8) is 0 Å². The summed E-state index contributed by atoms with van der Waals surface area (Å²) in [5.74, 6) is 0. The fourth-order valence-electron chi connectivity index (χ4n) is 4.57. The quantitative estimate of drug-likeness (QED) is 0.497. The maximum absolute atomic E-state index is 13.2. The molecule has 3 heterocycles. The second kappa shape index (κ2) is 8.18. The lowest BCUT2D eigenvalue weighted by molar-refractivity contribution is 0.205. The van der Waals surface area contributed by atoms with Gasteiger partial charge in [0.2, 0.25) is 0 Å². The SMILES string of the molecule is CN(C)C(=O)NC1CCC(n2cnc3cnc4c(ccn4S(=O)(=O)c4ccccc4)c32)CC1. The predicted octanol–water partition coefficient (Wildman–Crippen LogP) is 3.38. The molecule has 0 atom stereocenters. The van der Waals surface area contributed by atoms with Crippen LogP contribution in [0.1, 0.15) is 31.7 Å². The lowest BCUT2D eigenvalue weighted by atomic mass is 9.91. The average Bonchev–Trinajstić information content (AvgIpc) is 3.44. The van der Waals surface area contributed by atoms with Crippen LogP contribution in [0, 0.1) is 0 Å². The van der Waals surface area contributed by atoms with E-state index in [0.717, 1.165) is 42.1 Å². The van der Waals surface area contributed by atoms with Gasteiger partial charge in [-0.2, -0.15) is 0 Å². The Morgan fingerprint density at radius 1 is 1.06 bits per heavy atom. The summed E-state index contributed by atoms with van der Waals surface area (Å²) in [4.78, 5) is 22.7. The van der Waals surface area contributed by atoms with Gasteiger partial charge in [-0.1, -0.05) is 18.2 Å². The van der Waals surface area contributed by atoms with Crippen LogP contribution in [-0.2, 0) is 10.0 Å². The minimum Gasteiger partial charge on any atom is -0.335 e. The lowest BCUT2D eigenvalue weighted by Gasteiger charge is -2.31. The first kappa shape index (κ1) is 21.4. The number of aromatic nitrogens is 4. The molecule has 0 bridgehead atoms. The topological polar surface area (TPSA) is 102 Å². The number of hydrogen-bond acceptors (Lipinski definition) is 5. The van der Waals surface area contributed by atoms with Crippen molar-refractivity contribution in [1.82, 2.24) is 28.7 Å². The van der Waals surface area contributed by atoms with E-state index < -0.39 is 10.0 Å². The summed E-state index contributed by atoms with van der Waals surface area (Å²) in [7, 11) is -0.281. The fourth-order valence-corrected chi connectivity index (χ4v) is 5.89. The Balaban J connectivity index is 1.48. The Morgan fingerprint density at radius 3 is 2.48 bits per heavy atom. The third-order valence-electron chi connectivity index (χ3n) is 6.34. The number of hydrogen-bond donors (Lipinski definition) is 1. The summed E-state index contributed by atoms with van der Waals surface area (Å²) >= 11 is 0. The molecule has 1 fully saturated rings. The third kappa shape index (κ3) is 3.74. The molecule has 10 heteroatoms. The molecule has 1 aliphatic rings. The number of amides is 2. The summed E-state index contributed by atoms with van der Waals surface area (Å²) in [6.07, 6.45) is 8.56. The van der Waals surface area contributed by atoms with Crippen molar-refractivity contribution in [2.45, 2.75) is 42.7 Å². The molecule has 9 nitrogen and oxygen atoms in total. The first-order chi connectivity index (χ1) is 15.9. The number of carbonyl (C=O) groups excluding carboxylic acids is 1. The van der Waals surface area contributed by atoms with Crippen molar-refractivity contribution < 1.29 is 13.2 Å². The van der Waals surface area contributed by atoms with Gasteiger partial charge in [0.1, 0.15) is 5.52 Å². The zero-order valence-corrected chi connectivity index (χ0v) is 19.4. The van der Waals surface area contributed by atoms with Gasteiger partial charge in [0.15, 0.2) is 5.65 Å². The zero-order chi connectivity index (χ0) is 23.2. The van der Waals surface area contributed by atoms with Crippen molar-refractivity contribution in [1.29, 1.82) is 0 Å². The highest BCUT2D eigenvalue weighted by Crippen LogP contribution is 2.34. The first-order valence-corrected chi connectivity index (χ1v) is 12.4. The van der Waals surface area contributed by atoms with Crippen LogP contribution in [0.4, 0.5) is 4.79 Å². The van der Waals surface area contributed by atoms with Crippen molar-refractivity contribution >= 4 is 38.1 Å². The second-order valence-corrected chi connectivity index (χ2v) is 10.5. The molecule has 5 rings (SSSR count). The van der Waals surface area contributed by atoms with Crippen molar-refractivity contribution in [3.8, 4) is 0 Å². The van der Waals surface area contributed by atoms with Crippen LogP contribution in [0.2, 0.25) is 0 Å². The molecular weight excluding hydrogens is 440 g/mol. The molecule has 2 amide bonds. The van der Waals surface area contributed by atoms with Crippen LogP contribution < -0.4 is 5.32 Å². The van der Waals surface area contributed by atoms with E-state index in [1.807, 2.05) is 6.33 Å². The van der Waals surface area contributed by atoms with Gasteiger partial charge in [-0.05, 0) is 43.9 Å². The van der Waals surface area contributed by atoms with Gasteiger partial charge < -0.3 is 14.8 Å². The van der Waals surface area contributed by atoms with Gasteiger partial charge in [-0.25, -0.2) is 27.2 Å². The molecule has 1 aliphatic carbocycles. The number of imidazole rings is 1. The minimum atomic E-state index is -3.76. The van der Waals surface area contributed by atoms with Crippen molar-refractivity contribution in [2.75, 3.05) is 14.1 Å². The molecule has 4 aromatic rings. The van der Waals surface area contributed by atoms with E-state index in [4.69, 9.17) is 0 Å². The predicted molar refractivity (Wildman–Crippen MR) is 126 cm³/mol. The summed E-state index contributed by atoms with van der Waals surface area (Å²) in [6, 6.07) is 10.5. The molecule has 0 saturated heterocycles. The van der Waals surface area contributed by atoms with Gasteiger partial charge in [-0.15, -0.1) is 0 Å². The molecule has 0 spiro atoms. The van der Waals surface area contributed by atoms with Gasteiger partial charge in [-0.3, -0.25) is 0 Å². The number of nitrogens with zero attached hydrogens (tertiary/aromatic N) is 5. The van der Waals surface area contributed by atoms with E-state index in [1.165, 1.54) is 3.97 Å². The van der Waals surface area contributed by atoms with Crippen LogP contribution in [0.15, 0.2) is 60.0 Å². The number of carbonyl (C=O) groups is 1. The number of fused-ring (bicyclic) bond motifs is 3. The molecule has 3 aromatic heterocycles. The Labute approximate surface area is 192 Å². The van der Waals surface area contributed by atoms with Crippen LogP contribution in [0.3, 0.4) is 0 Å². The zero-order valence-electron chi connectivity index (χ0n) is 18.5. The highest BCUT2D eigenvalue weighted by molar-refractivity contribution is 7.90. The van der Waals surface area contributed by atoms with Crippen molar-refractivity contribution in [2.24, 2.45) is 0 Å². The summed E-state index contributed by atoms with van der Waals surface area (Å²) in [6.45, 7) is 0. The maximum atomic E-state index is 13.2. The smallest absolute Gasteiger partial charge is 0.317 e. The van der Waals surface area contributed by atoms with E-state index >= 15 is 0 Å². The highest BCUT2D eigenvalue weighted by Gasteiger charge is 2.27. The molecule has 1 saturated carbocycles. The molecule has 1 N–H and O–H groups in total. The molecule has 0 radical (unpaired) electrons. The van der Waals surface area contributed by atoms with E-state index in [1.54, 1.807) is 67.8 Å². The maximum Gasteiger partial charge on any atom is 0.317 e. The van der Waals surface area contributed by atoms with Crippen LogP contribution >= 0.6 is 0 Å². The lowest BCUT2D eigenvalue weighted by Crippen LogP contribution is -2.43. The summed E-state index contributed by atoms with van der Waals surface area (Å²) in [5, 5.41) is 3.83. The Morgan fingerprint density at radius 2 is 1.79 bits per heavy atom.